The SMILES string of the molecule is CNCc1cc(OCCC(=O)NC(C)C)ccc1Br. The third-order valence-electron chi connectivity index (χ3n) is 2.43. The van der Waals surface area contributed by atoms with Crippen molar-refractivity contribution in [1.82, 2.24) is 10.6 Å². The van der Waals surface area contributed by atoms with Gasteiger partial charge in [-0.1, -0.05) is 15.9 Å². The largest absolute Gasteiger partial charge is 0.493 e. The molecule has 0 aliphatic heterocycles. The molecule has 4 nitrogen and oxygen atoms in total. The van der Waals surface area contributed by atoms with Crippen LogP contribution in [0.1, 0.15) is 25.8 Å². The van der Waals surface area contributed by atoms with Gasteiger partial charge in [-0.3, -0.25) is 4.79 Å². The van der Waals surface area contributed by atoms with Gasteiger partial charge in [0.15, 0.2) is 0 Å². The van der Waals surface area contributed by atoms with Crippen molar-refractivity contribution >= 4 is 21.8 Å². The van der Waals surface area contributed by atoms with Gasteiger partial charge >= 0.3 is 0 Å². The lowest BCUT2D eigenvalue weighted by atomic mass is 10.2. The minimum Gasteiger partial charge on any atom is -0.493 e. The van der Waals surface area contributed by atoms with Crippen LogP contribution in [0.15, 0.2) is 22.7 Å². The van der Waals surface area contributed by atoms with E-state index in [9.17, 15) is 4.79 Å². The molecule has 0 atom stereocenters. The lowest BCUT2D eigenvalue weighted by Gasteiger charge is -2.11. The standard InChI is InChI=1S/C14H21BrN2O2/c1-10(2)17-14(18)6-7-19-12-4-5-13(15)11(8-12)9-16-3/h4-5,8,10,16H,6-7,9H2,1-3H3,(H,17,18). The van der Waals surface area contributed by atoms with Crippen molar-refractivity contribution in [2.24, 2.45) is 0 Å². The van der Waals surface area contributed by atoms with Gasteiger partial charge < -0.3 is 15.4 Å². The van der Waals surface area contributed by atoms with E-state index in [1.165, 1.54) is 0 Å². The van der Waals surface area contributed by atoms with Crippen LogP contribution in [0.4, 0.5) is 0 Å². The second-order valence-corrected chi connectivity index (χ2v) is 5.46. The minimum absolute atomic E-state index is 0.0163. The summed E-state index contributed by atoms with van der Waals surface area (Å²) in [5.41, 5.74) is 1.13. The zero-order valence-corrected chi connectivity index (χ0v) is 13.2. The summed E-state index contributed by atoms with van der Waals surface area (Å²) in [6.45, 7) is 5.04. The zero-order chi connectivity index (χ0) is 14.3. The maximum atomic E-state index is 11.5. The summed E-state index contributed by atoms with van der Waals surface area (Å²) < 4.78 is 6.64. The molecular weight excluding hydrogens is 308 g/mol. The molecule has 0 bridgehead atoms. The van der Waals surface area contributed by atoms with Crippen molar-refractivity contribution in [2.45, 2.75) is 32.9 Å². The molecule has 0 spiro atoms. The van der Waals surface area contributed by atoms with Crippen LogP contribution in [0, 0.1) is 0 Å². The molecule has 19 heavy (non-hydrogen) atoms. The highest BCUT2D eigenvalue weighted by atomic mass is 79.9. The highest BCUT2D eigenvalue weighted by Gasteiger charge is 2.05. The molecule has 1 aromatic carbocycles. The summed E-state index contributed by atoms with van der Waals surface area (Å²) in [6.07, 6.45) is 0.371. The van der Waals surface area contributed by atoms with Crippen LogP contribution in [-0.2, 0) is 11.3 Å². The van der Waals surface area contributed by atoms with Gasteiger partial charge in [0.1, 0.15) is 5.75 Å². The lowest BCUT2D eigenvalue weighted by molar-refractivity contribution is -0.122. The van der Waals surface area contributed by atoms with E-state index in [0.29, 0.717) is 13.0 Å². The average Bonchev–Trinajstić information content (AvgIpc) is 2.32. The Hall–Kier alpha value is -1.07. The molecule has 0 aliphatic carbocycles. The number of amides is 1. The van der Waals surface area contributed by atoms with Crippen LogP contribution >= 0.6 is 15.9 Å². The highest BCUT2D eigenvalue weighted by Crippen LogP contribution is 2.22. The average molecular weight is 329 g/mol. The summed E-state index contributed by atoms with van der Waals surface area (Å²) in [7, 11) is 1.90. The first kappa shape index (κ1) is 16.0. The van der Waals surface area contributed by atoms with Crippen LogP contribution in [0.25, 0.3) is 0 Å². The molecule has 1 aromatic rings. The van der Waals surface area contributed by atoms with E-state index in [0.717, 1.165) is 22.3 Å². The van der Waals surface area contributed by atoms with Crippen LogP contribution in [0.2, 0.25) is 0 Å². The van der Waals surface area contributed by atoms with Gasteiger partial charge in [0.25, 0.3) is 0 Å². The molecule has 0 saturated carbocycles. The van der Waals surface area contributed by atoms with Crippen molar-refractivity contribution in [3.63, 3.8) is 0 Å². The van der Waals surface area contributed by atoms with Crippen molar-refractivity contribution in [3.05, 3.63) is 28.2 Å². The molecule has 106 valence electrons. The van der Waals surface area contributed by atoms with Crippen molar-refractivity contribution < 1.29 is 9.53 Å². The Morgan fingerprint density at radius 1 is 1.42 bits per heavy atom. The van der Waals surface area contributed by atoms with E-state index in [-0.39, 0.29) is 11.9 Å². The first-order valence-corrected chi connectivity index (χ1v) is 7.17. The van der Waals surface area contributed by atoms with Gasteiger partial charge in [0.05, 0.1) is 13.0 Å². The predicted octanol–water partition coefficient (Wildman–Crippen LogP) is 2.46. The monoisotopic (exact) mass is 328 g/mol. The fraction of sp³-hybridized carbons (Fsp3) is 0.500. The third-order valence-corrected chi connectivity index (χ3v) is 3.21. The third kappa shape index (κ3) is 6.07. The molecule has 0 aliphatic rings. The molecule has 1 rings (SSSR count). The molecule has 0 aromatic heterocycles. The van der Waals surface area contributed by atoms with E-state index >= 15 is 0 Å². The van der Waals surface area contributed by atoms with Crippen LogP contribution in [0.5, 0.6) is 5.75 Å². The van der Waals surface area contributed by atoms with Gasteiger partial charge in [-0.15, -0.1) is 0 Å². The number of hydrogen-bond donors (Lipinski definition) is 2. The Morgan fingerprint density at radius 3 is 2.79 bits per heavy atom. The van der Waals surface area contributed by atoms with Crippen molar-refractivity contribution in [2.75, 3.05) is 13.7 Å². The van der Waals surface area contributed by atoms with Crippen LogP contribution in [-0.4, -0.2) is 25.6 Å². The molecule has 0 unspecified atom stereocenters. The van der Waals surface area contributed by atoms with E-state index in [2.05, 4.69) is 26.6 Å². The van der Waals surface area contributed by atoms with Gasteiger partial charge in [-0.05, 0) is 44.7 Å². The number of benzene rings is 1. The van der Waals surface area contributed by atoms with Crippen LogP contribution < -0.4 is 15.4 Å². The Morgan fingerprint density at radius 2 is 2.16 bits per heavy atom. The summed E-state index contributed by atoms with van der Waals surface area (Å²) in [4.78, 5) is 11.5. The summed E-state index contributed by atoms with van der Waals surface area (Å²) >= 11 is 3.49. The molecular formula is C14H21BrN2O2. The van der Waals surface area contributed by atoms with Crippen molar-refractivity contribution in [3.8, 4) is 5.75 Å². The van der Waals surface area contributed by atoms with Gasteiger partial charge in [0, 0.05) is 17.1 Å². The Balaban J connectivity index is 2.45. The van der Waals surface area contributed by atoms with Gasteiger partial charge in [-0.2, -0.15) is 0 Å². The fourth-order valence-corrected chi connectivity index (χ4v) is 2.01. The van der Waals surface area contributed by atoms with Crippen LogP contribution in [0.3, 0.4) is 0 Å². The number of ether oxygens (including phenoxy) is 1. The number of halogens is 1. The smallest absolute Gasteiger partial charge is 0.223 e. The predicted molar refractivity (Wildman–Crippen MR) is 80.3 cm³/mol. The normalized spacial score (nSPS) is 10.6. The first-order valence-electron chi connectivity index (χ1n) is 6.38. The molecule has 5 heteroatoms. The minimum atomic E-state index is 0.0163. The number of hydrogen-bond acceptors (Lipinski definition) is 3. The summed E-state index contributed by atoms with van der Waals surface area (Å²) in [6, 6.07) is 5.99. The van der Waals surface area contributed by atoms with E-state index in [1.807, 2.05) is 39.1 Å². The summed E-state index contributed by atoms with van der Waals surface area (Å²) in [5.74, 6) is 0.799. The molecule has 1 amide bonds. The maximum Gasteiger partial charge on any atom is 0.223 e. The first-order chi connectivity index (χ1) is 9.02. The fourth-order valence-electron chi connectivity index (χ4n) is 1.62. The number of nitrogens with one attached hydrogen (secondary N) is 2. The Bertz CT molecular complexity index is 422. The molecule has 2 N–H and O–H groups in total. The van der Waals surface area contributed by atoms with E-state index < -0.39 is 0 Å². The molecule has 0 fully saturated rings. The highest BCUT2D eigenvalue weighted by molar-refractivity contribution is 9.10. The van der Waals surface area contributed by atoms with Gasteiger partial charge in [-0.25, -0.2) is 0 Å². The molecule has 0 saturated heterocycles. The second-order valence-electron chi connectivity index (χ2n) is 4.60. The molecule has 0 heterocycles. The quantitative estimate of drug-likeness (QED) is 0.808. The number of carbonyl (C=O) groups excluding carboxylic acids is 1. The number of carbonyl (C=O) groups is 1. The second kappa shape index (κ2) is 8.17. The zero-order valence-electron chi connectivity index (χ0n) is 11.6. The summed E-state index contributed by atoms with van der Waals surface area (Å²) in [5, 5.41) is 5.93. The van der Waals surface area contributed by atoms with E-state index in [1.54, 1.807) is 0 Å². The maximum absolute atomic E-state index is 11.5. The Labute approximate surface area is 123 Å². The van der Waals surface area contributed by atoms with Gasteiger partial charge in [0.2, 0.25) is 5.91 Å². The number of rotatable bonds is 7. The lowest BCUT2D eigenvalue weighted by Crippen LogP contribution is -2.31. The molecule has 0 radical (unpaired) electrons. The van der Waals surface area contributed by atoms with E-state index in [4.69, 9.17) is 4.74 Å². The van der Waals surface area contributed by atoms with Crippen molar-refractivity contribution in [1.29, 1.82) is 0 Å². The topological polar surface area (TPSA) is 50.4 Å². The Kier molecular flexibility index (Phi) is 6.87.